The zero-order valence-corrected chi connectivity index (χ0v) is 24.7. The van der Waals surface area contributed by atoms with Crippen LogP contribution in [-0.2, 0) is 31.2 Å². The van der Waals surface area contributed by atoms with E-state index in [1.54, 1.807) is 12.2 Å². The Morgan fingerprint density at radius 3 is 1.12 bits per heavy atom. The highest BCUT2D eigenvalue weighted by atomic mass is 16.1. The van der Waals surface area contributed by atoms with Gasteiger partial charge in [-0.1, -0.05) is 0 Å². The first kappa shape index (κ1) is 27.5. The highest BCUT2D eigenvalue weighted by Crippen LogP contribution is 2.43. The molecule has 4 N–H and O–H groups in total. The van der Waals surface area contributed by atoms with Crippen molar-refractivity contribution in [1.82, 2.24) is 19.9 Å². The van der Waals surface area contributed by atoms with Crippen LogP contribution >= 0.6 is 0 Å². The second kappa shape index (κ2) is 9.26. The summed E-state index contributed by atoms with van der Waals surface area (Å²) in [7, 11) is 0. The van der Waals surface area contributed by atoms with Crippen LogP contribution in [0.15, 0.2) is 48.6 Å². The molecule has 8 bridgehead atoms. The second-order valence-electron chi connectivity index (χ2n) is 13.1. The molecule has 5 heterocycles. The Hall–Kier alpha value is -4.06. The van der Waals surface area contributed by atoms with Crippen LogP contribution in [0.25, 0.3) is 12.2 Å². The van der Waals surface area contributed by atoms with Gasteiger partial charge in [-0.25, -0.2) is 0 Å². The van der Waals surface area contributed by atoms with Crippen molar-refractivity contribution in [2.45, 2.75) is 77.0 Å². The minimum Gasteiger partial charge on any atom is -0.361 e. The molecule has 0 radical (unpaired) electrons. The lowest BCUT2D eigenvalue weighted by Gasteiger charge is -2.28. The summed E-state index contributed by atoms with van der Waals surface area (Å²) in [6, 6.07) is 13.0. The van der Waals surface area contributed by atoms with Crippen molar-refractivity contribution in [2.24, 2.45) is 0 Å². The Morgan fingerprint density at radius 1 is 0.475 bits per heavy atom. The van der Waals surface area contributed by atoms with E-state index in [-0.39, 0.29) is 10.8 Å². The maximum Gasteiger partial charge on any atom is 0.142 e. The molecule has 0 aromatic carbocycles. The number of hydrogen-bond donors (Lipinski definition) is 4. The lowest BCUT2D eigenvalue weighted by atomic mass is 9.83. The van der Waals surface area contributed by atoms with Crippen molar-refractivity contribution in [3.8, 4) is 0 Å². The molecule has 0 aliphatic carbocycles. The van der Waals surface area contributed by atoms with Gasteiger partial charge in [0.1, 0.15) is 12.6 Å². The zero-order chi connectivity index (χ0) is 29.1. The molecule has 0 fully saturated rings. The van der Waals surface area contributed by atoms with Gasteiger partial charge in [0.2, 0.25) is 0 Å². The van der Waals surface area contributed by atoms with Crippen LogP contribution in [0.1, 0.15) is 112 Å². The lowest BCUT2D eigenvalue weighted by molar-refractivity contribution is -0.104. The maximum absolute atomic E-state index is 11.3. The molecule has 0 saturated carbocycles. The molecule has 208 valence electrons. The monoisotopic (exact) mass is 536 g/mol. The number of fused-ring (bicyclic) bond motifs is 8. The molecule has 40 heavy (non-hydrogen) atoms. The van der Waals surface area contributed by atoms with Crippen LogP contribution in [0.2, 0.25) is 0 Å². The van der Waals surface area contributed by atoms with Crippen LogP contribution in [0.3, 0.4) is 0 Å². The van der Waals surface area contributed by atoms with Crippen LogP contribution in [0, 0.1) is 0 Å². The fourth-order valence-electron chi connectivity index (χ4n) is 6.01. The fraction of sp³-hybridized carbons (Fsp3) is 0.353. The smallest absolute Gasteiger partial charge is 0.142 e. The van der Waals surface area contributed by atoms with Crippen LogP contribution in [0.4, 0.5) is 0 Å². The number of allylic oxidation sites excluding steroid dienone is 2. The summed E-state index contributed by atoms with van der Waals surface area (Å²) in [6.45, 7) is 17.6. The van der Waals surface area contributed by atoms with Gasteiger partial charge in [-0.2, -0.15) is 0 Å². The van der Waals surface area contributed by atoms with Gasteiger partial charge in [0.25, 0.3) is 0 Å². The van der Waals surface area contributed by atoms with Gasteiger partial charge >= 0.3 is 0 Å². The lowest BCUT2D eigenvalue weighted by Crippen LogP contribution is -2.26. The molecule has 0 atom stereocenters. The molecule has 6 heteroatoms. The third-order valence-corrected chi connectivity index (χ3v) is 9.07. The van der Waals surface area contributed by atoms with Gasteiger partial charge < -0.3 is 19.9 Å². The van der Waals surface area contributed by atoms with Gasteiger partial charge in [0.05, 0.1) is 0 Å². The van der Waals surface area contributed by atoms with Crippen LogP contribution < -0.4 is 0 Å². The third-order valence-electron chi connectivity index (χ3n) is 9.07. The first-order valence-electron chi connectivity index (χ1n) is 13.9. The van der Waals surface area contributed by atoms with E-state index in [1.807, 2.05) is 12.2 Å². The minimum absolute atomic E-state index is 0.368. The normalized spacial score (nSPS) is 18.8. The first-order valence-corrected chi connectivity index (χ1v) is 13.9. The van der Waals surface area contributed by atoms with E-state index in [4.69, 9.17) is 0 Å². The molecule has 4 aromatic heterocycles. The number of aldehydes is 2. The summed E-state index contributed by atoms with van der Waals surface area (Å²) in [5.74, 6) is 0. The second-order valence-corrected chi connectivity index (χ2v) is 13.1. The molecule has 0 unspecified atom stereocenters. The van der Waals surface area contributed by atoms with E-state index in [2.05, 4.69) is 112 Å². The number of carbonyl (C=O) groups is 2. The SMILES string of the molecule is CC1(C)c2ccc([nH]2)C(C)(C)c2[nH]c(cc2/C=C/C=O)C(C)(C)c2ccc([nH]2)C(C)(C)c2[nH]c1cc2/C=C/C=O. The highest BCUT2D eigenvalue weighted by Gasteiger charge is 2.38. The Kier molecular flexibility index (Phi) is 6.36. The van der Waals surface area contributed by atoms with Crippen molar-refractivity contribution < 1.29 is 9.59 Å². The van der Waals surface area contributed by atoms with E-state index in [1.165, 1.54) is 0 Å². The number of hydrogen-bond acceptors (Lipinski definition) is 2. The Labute approximate surface area is 236 Å². The van der Waals surface area contributed by atoms with E-state index in [0.29, 0.717) is 0 Å². The number of H-pyrrole nitrogens is 4. The molecule has 6 nitrogen and oxygen atoms in total. The van der Waals surface area contributed by atoms with Crippen molar-refractivity contribution in [2.75, 3.05) is 0 Å². The number of aromatic amines is 4. The summed E-state index contributed by atoms with van der Waals surface area (Å²) in [6.07, 6.45) is 8.53. The molecule has 0 amide bonds. The van der Waals surface area contributed by atoms with E-state index in [0.717, 1.165) is 69.3 Å². The minimum atomic E-state index is -0.399. The number of nitrogens with one attached hydrogen (secondary N) is 4. The topological polar surface area (TPSA) is 97.3 Å². The molecular formula is C34H40N4O2. The maximum atomic E-state index is 11.3. The molecule has 4 aromatic rings. The van der Waals surface area contributed by atoms with Gasteiger partial charge in [-0.3, -0.25) is 9.59 Å². The first-order chi connectivity index (χ1) is 18.7. The van der Waals surface area contributed by atoms with E-state index >= 15 is 0 Å². The largest absolute Gasteiger partial charge is 0.361 e. The average molecular weight is 537 g/mol. The van der Waals surface area contributed by atoms with Gasteiger partial charge in [-0.15, -0.1) is 0 Å². The van der Waals surface area contributed by atoms with E-state index in [9.17, 15) is 9.59 Å². The molecule has 1 aliphatic rings. The molecule has 0 spiro atoms. The molecular weight excluding hydrogens is 496 g/mol. The standard InChI is InChI=1S/C34H40N4O2/c1-31(2)23-13-15-25(35-23)33(5,6)30-22(12-10-18-40)20-28(38-30)32(3,4)24-14-16-26(36-24)34(7,8)29-21(11-9-17-39)19-27(31)37-29/h9-20,35-38H,1-8H3/b11-9+,12-10+. The highest BCUT2D eigenvalue weighted by molar-refractivity contribution is 5.76. The summed E-state index contributed by atoms with van der Waals surface area (Å²) in [5, 5.41) is 0. The Morgan fingerprint density at radius 2 is 0.800 bits per heavy atom. The molecule has 1 aliphatic heterocycles. The third kappa shape index (κ3) is 4.17. The number of rotatable bonds is 4. The van der Waals surface area contributed by atoms with Crippen molar-refractivity contribution in [1.29, 1.82) is 0 Å². The predicted molar refractivity (Wildman–Crippen MR) is 162 cm³/mol. The summed E-state index contributed by atoms with van der Waals surface area (Å²) in [4.78, 5) is 37.6. The summed E-state index contributed by atoms with van der Waals surface area (Å²) >= 11 is 0. The van der Waals surface area contributed by atoms with Gasteiger partial charge in [-0.05, 0) is 127 Å². The Bertz CT molecular complexity index is 1520. The quantitative estimate of drug-likeness (QED) is 0.166. The average Bonchev–Trinajstić information content (AvgIpc) is 3.70. The van der Waals surface area contributed by atoms with Crippen LogP contribution in [0.5, 0.6) is 0 Å². The van der Waals surface area contributed by atoms with Crippen molar-refractivity contribution in [3.63, 3.8) is 0 Å². The zero-order valence-electron chi connectivity index (χ0n) is 24.7. The van der Waals surface area contributed by atoms with Crippen molar-refractivity contribution >= 4 is 24.7 Å². The van der Waals surface area contributed by atoms with Gasteiger partial charge in [0, 0.05) is 67.2 Å². The van der Waals surface area contributed by atoms with Crippen LogP contribution in [-0.4, -0.2) is 32.5 Å². The number of carbonyl (C=O) groups excluding carboxylic acids is 2. The summed E-state index contributed by atoms with van der Waals surface area (Å²) < 4.78 is 0. The van der Waals surface area contributed by atoms with Crippen molar-refractivity contribution in [3.05, 3.63) is 105 Å². The fourth-order valence-corrected chi connectivity index (χ4v) is 6.01. The Balaban J connectivity index is 1.82. The van der Waals surface area contributed by atoms with E-state index < -0.39 is 10.8 Å². The predicted octanol–water partition coefficient (Wildman–Crippen LogP) is 7.04. The van der Waals surface area contributed by atoms with Gasteiger partial charge in [0.15, 0.2) is 0 Å². The summed E-state index contributed by atoms with van der Waals surface area (Å²) in [5.41, 5.74) is 8.97. The molecule has 0 saturated heterocycles. The molecule has 5 rings (SSSR count). The number of aromatic nitrogens is 4.